The number of likely N-dealkylation sites (tertiary alicyclic amines) is 1. The van der Waals surface area contributed by atoms with Crippen LogP contribution in [-0.2, 0) is 14.6 Å². The lowest BCUT2D eigenvalue weighted by molar-refractivity contribution is -0.117. The summed E-state index contributed by atoms with van der Waals surface area (Å²) in [5, 5.41) is 0.693. The van der Waals surface area contributed by atoms with Gasteiger partial charge in [0.25, 0.3) is 0 Å². The summed E-state index contributed by atoms with van der Waals surface area (Å²) in [6.45, 7) is 1.35. The molecule has 0 radical (unpaired) electrons. The van der Waals surface area contributed by atoms with Crippen molar-refractivity contribution in [3.05, 3.63) is 34.9 Å². The fraction of sp³-hybridized carbons (Fsp3) is 0.533. The zero-order valence-corrected chi connectivity index (χ0v) is 13.9. The van der Waals surface area contributed by atoms with Gasteiger partial charge in [0.2, 0.25) is 5.91 Å². The van der Waals surface area contributed by atoms with Crippen molar-refractivity contribution in [3.8, 4) is 0 Å². The number of halogens is 1. The molecular formula is C15H21ClN2O3S. The van der Waals surface area contributed by atoms with E-state index in [1.807, 2.05) is 24.3 Å². The maximum absolute atomic E-state index is 11.9. The molecule has 1 saturated heterocycles. The SMILES string of the molecule is NC(=O)CCS(=O)(=O)CCN1CCC[C@H]1c1cccc(Cl)c1. The van der Waals surface area contributed by atoms with E-state index in [0.717, 1.165) is 24.9 Å². The number of sulfone groups is 1. The van der Waals surface area contributed by atoms with Gasteiger partial charge in [0.05, 0.1) is 11.5 Å². The first-order valence-corrected chi connectivity index (χ1v) is 9.55. The van der Waals surface area contributed by atoms with Gasteiger partial charge in [-0.1, -0.05) is 23.7 Å². The molecule has 1 amide bonds. The van der Waals surface area contributed by atoms with E-state index >= 15 is 0 Å². The maximum Gasteiger partial charge on any atom is 0.218 e. The molecule has 1 fully saturated rings. The van der Waals surface area contributed by atoms with E-state index < -0.39 is 15.7 Å². The number of rotatable bonds is 7. The molecular weight excluding hydrogens is 324 g/mol. The van der Waals surface area contributed by atoms with Crippen molar-refractivity contribution < 1.29 is 13.2 Å². The fourth-order valence-electron chi connectivity index (χ4n) is 2.80. The predicted molar refractivity (Wildman–Crippen MR) is 87.5 cm³/mol. The average molecular weight is 345 g/mol. The highest BCUT2D eigenvalue weighted by molar-refractivity contribution is 7.91. The Balaban J connectivity index is 1.96. The Morgan fingerprint density at radius 1 is 1.36 bits per heavy atom. The second-order valence-electron chi connectivity index (χ2n) is 5.62. The molecule has 0 aromatic heterocycles. The predicted octanol–water partition coefficient (Wildman–Crippen LogP) is 1.77. The van der Waals surface area contributed by atoms with Crippen LogP contribution in [0.3, 0.4) is 0 Å². The number of benzene rings is 1. The molecule has 22 heavy (non-hydrogen) atoms. The number of carbonyl (C=O) groups excluding carboxylic acids is 1. The minimum Gasteiger partial charge on any atom is -0.370 e. The van der Waals surface area contributed by atoms with Crippen LogP contribution in [-0.4, -0.2) is 43.8 Å². The lowest BCUT2D eigenvalue weighted by atomic mass is 10.0. The van der Waals surface area contributed by atoms with E-state index in [4.69, 9.17) is 17.3 Å². The van der Waals surface area contributed by atoms with Gasteiger partial charge in [-0.3, -0.25) is 9.69 Å². The number of hydrogen-bond acceptors (Lipinski definition) is 4. The second-order valence-corrected chi connectivity index (χ2v) is 8.36. The summed E-state index contributed by atoms with van der Waals surface area (Å²) < 4.78 is 23.9. The van der Waals surface area contributed by atoms with Gasteiger partial charge in [-0.25, -0.2) is 8.42 Å². The van der Waals surface area contributed by atoms with E-state index in [0.29, 0.717) is 11.6 Å². The molecule has 0 aliphatic carbocycles. The minimum absolute atomic E-state index is 0.0529. The quantitative estimate of drug-likeness (QED) is 0.817. The summed E-state index contributed by atoms with van der Waals surface area (Å²) in [5.74, 6) is -0.698. The number of hydrogen-bond donors (Lipinski definition) is 1. The number of carbonyl (C=O) groups is 1. The Bertz CT molecular complexity index is 633. The lowest BCUT2D eigenvalue weighted by Crippen LogP contribution is -2.30. The molecule has 1 aliphatic rings. The van der Waals surface area contributed by atoms with Crippen LogP contribution < -0.4 is 5.73 Å². The summed E-state index contributed by atoms with van der Waals surface area (Å²) >= 11 is 6.03. The molecule has 2 N–H and O–H groups in total. The molecule has 7 heteroatoms. The van der Waals surface area contributed by atoms with Crippen molar-refractivity contribution in [3.63, 3.8) is 0 Å². The van der Waals surface area contributed by atoms with Crippen molar-refractivity contribution in [2.24, 2.45) is 5.73 Å². The first-order valence-electron chi connectivity index (χ1n) is 7.35. The van der Waals surface area contributed by atoms with Crippen LogP contribution in [0.25, 0.3) is 0 Å². The van der Waals surface area contributed by atoms with Crippen LogP contribution in [0.5, 0.6) is 0 Å². The molecule has 0 bridgehead atoms. The standard InChI is InChI=1S/C15H21ClN2O3S/c16-13-4-1-3-12(11-13)14-5-2-7-18(14)8-10-22(20,21)9-6-15(17)19/h1,3-4,11,14H,2,5-10H2,(H2,17,19)/t14-/m0/s1. The Morgan fingerprint density at radius 2 is 2.14 bits per heavy atom. The van der Waals surface area contributed by atoms with Gasteiger partial charge in [0.1, 0.15) is 0 Å². The fourth-order valence-corrected chi connectivity index (χ4v) is 4.23. The normalized spacial score (nSPS) is 19.4. The molecule has 0 spiro atoms. The lowest BCUT2D eigenvalue weighted by Gasteiger charge is -2.24. The smallest absolute Gasteiger partial charge is 0.218 e. The van der Waals surface area contributed by atoms with Crippen molar-refractivity contribution >= 4 is 27.3 Å². The molecule has 2 rings (SSSR count). The Labute approximate surface area is 136 Å². The molecule has 1 aromatic carbocycles. The van der Waals surface area contributed by atoms with E-state index in [1.165, 1.54) is 0 Å². The zero-order chi connectivity index (χ0) is 16.2. The van der Waals surface area contributed by atoms with Crippen molar-refractivity contribution in [2.75, 3.05) is 24.6 Å². The number of nitrogens with two attached hydrogens (primary N) is 1. The van der Waals surface area contributed by atoms with Crippen LogP contribution in [0.15, 0.2) is 24.3 Å². The van der Waals surface area contributed by atoms with Gasteiger partial charge < -0.3 is 5.73 Å². The third-order valence-corrected chi connectivity index (χ3v) is 5.81. The highest BCUT2D eigenvalue weighted by atomic mass is 35.5. The number of amides is 1. The minimum atomic E-state index is -3.25. The highest BCUT2D eigenvalue weighted by Gasteiger charge is 2.27. The summed E-state index contributed by atoms with van der Waals surface area (Å²) in [5.41, 5.74) is 6.13. The van der Waals surface area contributed by atoms with Gasteiger partial charge >= 0.3 is 0 Å². The molecule has 1 aliphatic heterocycles. The maximum atomic E-state index is 11.9. The molecule has 1 atom stereocenters. The molecule has 122 valence electrons. The highest BCUT2D eigenvalue weighted by Crippen LogP contribution is 2.32. The summed E-state index contributed by atoms with van der Waals surface area (Å²) in [6, 6.07) is 7.92. The first-order chi connectivity index (χ1) is 10.4. The first kappa shape index (κ1) is 17.2. The monoisotopic (exact) mass is 344 g/mol. The van der Waals surface area contributed by atoms with Crippen LogP contribution in [0.2, 0.25) is 5.02 Å². The van der Waals surface area contributed by atoms with E-state index in [9.17, 15) is 13.2 Å². The van der Waals surface area contributed by atoms with Crippen molar-refractivity contribution in [2.45, 2.75) is 25.3 Å². The van der Waals surface area contributed by atoms with Crippen molar-refractivity contribution in [1.82, 2.24) is 4.90 Å². The number of primary amides is 1. The van der Waals surface area contributed by atoms with E-state index in [2.05, 4.69) is 4.90 Å². The Kier molecular flexibility index (Phi) is 5.83. The van der Waals surface area contributed by atoms with E-state index in [-0.39, 0.29) is 24.0 Å². The van der Waals surface area contributed by atoms with Gasteiger partial charge in [0, 0.05) is 24.0 Å². The van der Waals surface area contributed by atoms with Gasteiger partial charge in [-0.15, -0.1) is 0 Å². The summed E-state index contributed by atoms with van der Waals surface area (Å²) in [6.07, 6.45) is 1.93. The van der Waals surface area contributed by atoms with Crippen LogP contribution in [0, 0.1) is 0 Å². The zero-order valence-electron chi connectivity index (χ0n) is 12.4. The Morgan fingerprint density at radius 3 is 2.82 bits per heavy atom. The van der Waals surface area contributed by atoms with E-state index in [1.54, 1.807) is 0 Å². The van der Waals surface area contributed by atoms with Crippen LogP contribution in [0.1, 0.15) is 30.9 Å². The van der Waals surface area contributed by atoms with Crippen LogP contribution in [0.4, 0.5) is 0 Å². The topological polar surface area (TPSA) is 80.5 Å². The third-order valence-electron chi connectivity index (χ3n) is 3.95. The van der Waals surface area contributed by atoms with Crippen molar-refractivity contribution in [1.29, 1.82) is 0 Å². The van der Waals surface area contributed by atoms with Crippen LogP contribution >= 0.6 is 11.6 Å². The third kappa shape index (κ3) is 4.97. The second kappa shape index (κ2) is 7.44. The van der Waals surface area contributed by atoms with Gasteiger partial charge in [0.15, 0.2) is 9.84 Å². The Hall–Kier alpha value is -1.11. The number of nitrogens with zero attached hydrogens (tertiary/aromatic N) is 1. The van der Waals surface area contributed by atoms with Gasteiger partial charge in [-0.05, 0) is 37.1 Å². The summed E-state index contributed by atoms with van der Waals surface area (Å²) in [7, 11) is -3.25. The molecule has 5 nitrogen and oxygen atoms in total. The molecule has 0 saturated carbocycles. The van der Waals surface area contributed by atoms with Gasteiger partial charge in [-0.2, -0.15) is 0 Å². The average Bonchev–Trinajstić information content (AvgIpc) is 2.92. The largest absolute Gasteiger partial charge is 0.370 e. The molecule has 0 unspecified atom stereocenters. The summed E-state index contributed by atoms with van der Waals surface area (Å²) in [4.78, 5) is 12.9. The molecule has 1 heterocycles. The molecule has 1 aromatic rings.